The summed E-state index contributed by atoms with van der Waals surface area (Å²) in [4.78, 5) is 4.54. The van der Waals surface area contributed by atoms with Gasteiger partial charge in [0.15, 0.2) is 5.82 Å². The highest BCUT2D eigenvalue weighted by atomic mass is 16.5. The molecule has 0 fully saturated rings. The van der Waals surface area contributed by atoms with E-state index in [9.17, 15) is 0 Å². The highest BCUT2D eigenvalue weighted by Gasteiger charge is 2.22. The van der Waals surface area contributed by atoms with Crippen molar-refractivity contribution in [3.63, 3.8) is 0 Å². The Morgan fingerprint density at radius 1 is 1.38 bits per heavy atom. The topological polar surface area (TPSA) is 60.2 Å². The fraction of sp³-hybridized carbons (Fsp3) is 0.500. The number of hydrogen-bond acceptors (Lipinski definition) is 5. The Labute approximate surface area is 125 Å². The van der Waals surface area contributed by atoms with E-state index in [1.165, 1.54) is 0 Å². The number of rotatable bonds is 7. The Balaban J connectivity index is 2.12. The molecule has 0 bridgehead atoms. The van der Waals surface area contributed by atoms with Crippen LogP contribution in [-0.2, 0) is 6.42 Å². The van der Waals surface area contributed by atoms with Gasteiger partial charge < -0.3 is 14.6 Å². The number of methoxy groups -OCH3 is 1. The van der Waals surface area contributed by atoms with E-state index in [2.05, 4.69) is 29.3 Å². The molecule has 2 aromatic rings. The molecule has 0 spiro atoms. The summed E-state index contributed by atoms with van der Waals surface area (Å²) in [6.45, 7) is 4.25. The van der Waals surface area contributed by atoms with Crippen molar-refractivity contribution in [2.75, 3.05) is 14.2 Å². The van der Waals surface area contributed by atoms with Gasteiger partial charge in [0.2, 0.25) is 5.89 Å². The molecule has 0 aliphatic carbocycles. The molecule has 5 nitrogen and oxygen atoms in total. The Kier molecular flexibility index (Phi) is 5.33. The minimum Gasteiger partial charge on any atom is -0.497 e. The van der Waals surface area contributed by atoms with Crippen molar-refractivity contribution in [1.29, 1.82) is 0 Å². The molecule has 2 atom stereocenters. The Morgan fingerprint density at radius 3 is 2.86 bits per heavy atom. The second-order valence-electron chi connectivity index (χ2n) is 5.17. The lowest BCUT2D eigenvalue weighted by atomic mass is 9.98. The van der Waals surface area contributed by atoms with E-state index in [0.717, 1.165) is 17.7 Å². The van der Waals surface area contributed by atoms with Crippen LogP contribution in [-0.4, -0.2) is 30.3 Å². The number of nitrogens with one attached hydrogen (secondary N) is 1. The summed E-state index contributed by atoms with van der Waals surface area (Å²) in [5.41, 5.74) is 1.11. The molecular formula is C16H23N3O2. The zero-order valence-electron chi connectivity index (χ0n) is 13.1. The van der Waals surface area contributed by atoms with Crippen LogP contribution in [0.25, 0.3) is 0 Å². The fourth-order valence-corrected chi connectivity index (χ4v) is 2.40. The van der Waals surface area contributed by atoms with Crippen LogP contribution in [0.3, 0.4) is 0 Å². The first kappa shape index (κ1) is 15.5. The van der Waals surface area contributed by atoms with Crippen LogP contribution in [0.15, 0.2) is 28.8 Å². The lowest BCUT2D eigenvalue weighted by Crippen LogP contribution is -2.28. The van der Waals surface area contributed by atoms with Crippen molar-refractivity contribution in [3.05, 3.63) is 41.5 Å². The molecule has 1 aromatic carbocycles. The van der Waals surface area contributed by atoms with Gasteiger partial charge in [0.1, 0.15) is 5.75 Å². The molecular weight excluding hydrogens is 266 g/mol. The van der Waals surface area contributed by atoms with E-state index in [-0.39, 0.29) is 5.92 Å². The third-order valence-corrected chi connectivity index (χ3v) is 3.80. The third kappa shape index (κ3) is 3.82. The smallest absolute Gasteiger partial charge is 0.231 e. The predicted molar refractivity (Wildman–Crippen MR) is 81.7 cm³/mol. The standard InChI is InChI=1S/C16H23N3O2/c1-5-14(11(2)17-3)16-18-15(19-21-16)10-12-7-6-8-13(9-12)20-4/h6-9,11,14,17H,5,10H2,1-4H3. The Hall–Kier alpha value is -1.88. The van der Waals surface area contributed by atoms with Gasteiger partial charge in [-0.3, -0.25) is 0 Å². The molecule has 114 valence electrons. The summed E-state index contributed by atoms with van der Waals surface area (Å²) in [6.07, 6.45) is 1.61. The highest BCUT2D eigenvalue weighted by Crippen LogP contribution is 2.22. The number of hydrogen-bond donors (Lipinski definition) is 1. The van der Waals surface area contributed by atoms with Crippen molar-refractivity contribution in [2.24, 2.45) is 0 Å². The SMILES string of the molecule is CCC(c1nc(Cc2cccc(OC)c2)no1)C(C)NC. The largest absolute Gasteiger partial charge is 0.497 e. The zero-order valence-corrected chi connectivity index (χ0v) is 13.1. The molecule has 5 heteroatoms. The van der Waals surface area contributed by atoms with Crippen LogP contribution in [0.4, 0.5) is 0 Å². The summed E-state index contributed by atoms with van der Waals surface area (Å²) in [6, 6.07) is 8.22. The van der Waals surface area contributed by atoms with Gasteiger partial charge in [-0.25, -0.2) is 0 Å². The van der Waals surface area contributed by atoms with Crippen LogP contribution in [0, 0.1) is 0 Å². The van der Waals surface area contributed by atoms with Gasteiger partial charge in [-0.1, -0.05) is 24.2 Å². The monoisotopic (exact) mass is 289 g/mol. The molecule has 2 rings (SSSR count). The quantitative estimate of drug-likeness (QED) is 0.849. The van der Waals surface area contributed by atoms with Crippen molar-refractivity contribution in [3.8, 4) is 5.75 Å². The van der Waals surface area contributed by atoms with E-state index in [1.807, 2.05) is 31.3 Å². The van der Waals surface area contributed by atoms with Crippen LogP contribution >= 0.6 is 0 Å². The van der Waals surface area contributed by atoms with E-state index in [4.69, 9.17) is 9.26 Å². The van der Waals surface area contributed by atoms with Gasteiger partial charge >= 0.3 is 0 Å². The zero-order chi connectivity index (χ0) is 15.2. The number of aromatic nitrogens is 2. The highest BCUT2D eigenvalue weighted by molar-refractivity contribution is 5.30. The van der Waals surface area contributed by atoms with Crippen LogP contribution < -0.4 is 10.1 Å². The van der Waals surface area contributed by atoms with Crippen LogP contribution in [0.1, 0.15) is 43.5 Å². The van der Waals surface area contributed by atoms with Crippen LogP contribution in [0.5, 0.6) is 5.75 Å². The van der Waals surface area contributed by atoms with Gasteiger partial charge in [0, 0.05) is 12.5 Å². The molecule has 0 saturated heterocycles. The average molecular weight is 289 g/mol. The molecule has 0 aliphatic heterocycles. The maximum atomic E-state index is 5.44. The van der Waals surface area contributed by atoms with Crippen molar-refractivity contribution < 1.29 is 9.26 Å². The second kappa shape index (κ2) is 7.22. The van der Waals surface area contributed by atoms with Crippen molar-refractivity contribution in [2.45, 2.75) is 38.6 Å². The molecule has 0 saturated carbocycles. The first-order valence-electron chi connectivity index (χ1n) is 7.30. The number of likely N-dealkylation sites (N-methyl/N-ethyl adjacent to an activating group) is 1. The summed E-state index contributed by atoms with van der Waals surface area (Å²) in [5, 5.41) is 7.34. The third-order valence-electron chi connectivity index (χ3n) is 3.80. The van der Waals surface area contributed by atoms with E-state index >= 15 is 0 Å². The number of benzene rings is 1. The average Bonchev–Trinajstić information content (AvgIpc) is 2.96. The Bertz CT molecular complexity index is 568. The lowest BCUT2D eigenvalue weighted by Gasteiger charge is -2.17. The molecule has 1 N–H and O–H groups in total. The van der Waals surface area contributed by atoms with Crippen molar-refractivity contribution >= 4 is 0 Å². The molecule has 21 heavy (non-hydrogen) atoms. The summed E-state index contributed by atoms with van der Waals surface area (Å²) in [7, 11) is 3.61. The maximum absolute atomic E-state index is 5.44. The molecule has 0 radical (unpaired) electrons. The molecule has 2 unspecified atom stereocenters. The molecule has 0 amide bonds. The summed E-state index contributed by atoms with van der Waals surface area (Å²) < 4.78 is 10.7. The van der Waals surface area contributed by atoms with Gasteiger partial charge in [-0.15, -0.1) is 0 Å². The number of nitrogens with zero attached hydrogens (tertiary/aromatic N) is 2. The first-order chi connectivity index (χ1) is 10.2. The minimum absolute atomic E-state index is 0.238. The van der Waals surface area contributed by atoms with Gasteiger partial charge in [-0.05, 0) is 38.1 Å². The molecule has 0 aliphatic rings. The molecule has 1 aromatic heterocycles. The van der Waals surface area contributed by atoms with E-state index < -0.39 is 0 Å². The summed E-state index contributed by atoms with van der Waals surface area (Å²) >= 11 is 0. The Morgan fingerprint density at radius 2 is 2.19 bits per heavy atom. The maximum Gasteiger partial charge on any atom is 0.231 e. The minimum atomic E-state index is 0.238. The lowest BCUT2D eigenvalue weighted by molar-refractivity contribution is 0.320. The molecule has 1 heterocycles. The van der Waals surface area contributed by atoms with Gasteiger partial charge in [-0.2, -0.15) is 4.98 Å². The van der Waals surface area contributed by atoms with E-state index in [1.54, 1.807) is 7.11 Å². The van der Waals surface area contributed by atoms with Crippen LogP contribution in [0.2, 0.25) is 0 Å². The van der Waals surface area contributed by atoms with Gasteiger partial charge in [0.05, 0.1) is 13.0 Å². The summed E-state index contributed by atoms with van der Waals surface area (Å²) in [5.74, 6) is 2.49. The fourth-order valence-electron chi connectivity index (χ4n) is 2.40. The second-order valence-corrected chi connectivity index (χ2v) is 5.17. The van der Waals surface area contributed by atoms with E-state index in [0.29, 0.717) is 24.2 Å². The predicted octanol–water partition coefficient (Wildman–Crippen LogP) is 2.77. The first-order valence-corrected chi connectivity index (χ1v) is 7.30. The van der Waals surface area contributed by atoms with Gasteiger partial charge in [0.25, 0.3) is 0 Å². The normalized spacial score (nSPS) is 13.9. The number of ether oxygens (including phenoxy) is 1. The van der Waals surface area contributed by atoms with Crippen molar-refractivity contribution in [1.82, 2.24) is 15.5 Å².